The largest absolute Gasteiger partial charge is 0.342 e. The Hall–Kier alpha value is -0.820. The summed E-state index contributed by atoms with van der Waals surface area (Å²) < 4.78 is 1.82. The fourth-order valence-corrected chi connectivity index (χ4v) is 4.15. The van der Waals surface area contributed by atoms with Crippen LogP contribution in [0.4, 0.5) is 0 Å². The van der Waals surface area contributed by atoms with Crippen molar-refractivity contribution in [2.75, 3.05) is 33.2 Å². The molecule has 2 aliphatic rings. The van der Waals surface area contributed by atoms with Crippen molar-refractivity contribution in [2.24, 2.45) is 13.0 Å². The summed E-state index contributed by atoms with van der Waals surface area (Å²) in [4.78, 5) is 17.6. The predicted octanol–water partition coefficient (Wildman–Crippen LogP) is 1.90. The highest BCUT2D eigenvalue weighted by Crippen LogP contribution is 2.30. The van der Waals surface area contributed by atoms with Gasteiger partial charge in [-0.1, -0.05) is 0 Å². The second-order valence-electron chi connectivity index (χ2n) is 7.63. The van der Waals surface area contributed by atoms with E-state index in [1.54, 1.807) is 0 Å². The van der Waals surface area contributed by atoms with Gasteiger partial charge < -0.3 is 15.1 Å². The van der Waals surface area contributed by atoms with Gasteiger partial charge >= 0.3 is 0 Å². The van der Waals surface area contributed by atoms with Crippen LogP contribution in [0.5, 0.6) is 0 Å². The zero-order valence-corrected chi connectivity index (χ0v) is 17.9. The molecule has 6 nitrogen and oxygen atoms in total. The van der Waals surface area contributed by atoms with E-state index in [2.05, 4.69) is 29.2 Å². The first kappa shape index (κ1) is 23.2. The molecule has 1 amide bonds. The average molecular weight is 406 g/mol. The first-order chi connectivity index (χ1) is 11.5. The molecule has 1 aromatic rings. The third kappa shape index (κ3) is 4.91. The smallest absolute Gasteiger partial charge is 0.227 e. The molecule has 0 radical (unpaired) electrons. The van der Waals surface area contributed by atoms with E-state index in [1.165, 1.54) is 5.56 Å². The van der Waals surface area contributed by atoms with Crippen LogP contribution in [0, 0.1) is 5.92 Å². The number of nitrogens with zero attached hydrogens (tertiary/aromatic N) is 4. The molecule has 0 aliphatic carbocycles. The standard InChI is InChI=1S/C18H31N5O.2ClH/c1-13(2)23-7-5-15(6-8-23)22(4)18(24)17-11-19-10-16(17)14-9-20-21(3)12-14;;/h9,12-13,15-17,19H,5-8,10-11H2,1-4H3;2*1H/t16-,17+;;/m1../s1. The maximum absolute atomic E-state index is 13.1. The molecule has 8 heteroatoms. The highest BCUT2D eigenvalue weighted by atomic mass is 35.5. The van der Waals surface area contributed by atoms with E-state index in [-0.39, 0.29) is 42.6 Å². The molecule has 0 spiro atoms. The molecule has 0 unspecified atom stereocenters. The number of aryl methyl sites for hydroxylation is 1. The summed E-state index contributed by atoms with van der Waals surface area (Å²) in [6.45, 7) is 8.31. The van der Waals surface area contributed by atoms with E-state index in [4.69, 9.17) is 0 Å². The Labute approximate surface area is 169 Å². The summed E-state index contributed by atoms with van der Waals surface area (Å²) in [6.07, 6.45) is 6.11. The van der Waals surface area contributed by atoms with Crippen LogP contribution in [-0.4, -0.2) is 70.8 Å². The van der Waals surface area contributed by atoms with Gasteiger partial charge in [-0.05, 0) is 32.3 Å². The number of rotatable bonds is 4. The van der Waals surface area contributed by atoms with Gasteiger partial charge in [0.05, 0.1) is 12.1 Å². The third-order valence-electron chi connectivity index (χ3n) is 5.81. The van der Waals surface area contributed by atoms with Crippen molar-refractivity contribution in [3.8, 4) is 0 Å². The predicted molar refractivity (Wildman–Crippen MR) is 109 cm³/mol. The molecule has 3 heterocycles. The van der Waals surface area contributed by atoms with Gasteiger partial charge in [-0.3, -0.25) is 9.48 Å². The monoisotopic (exact) mass is 405 g/mol. The van der Waals surface area contributed by atoms with Crippen LogP contribution in [-0.2, 0) is 11.8 Å². The Kier molecular flexibility index (Phi) is 8.86. The highest BCUT2D eigenvalue weighted by molar-refractivity contribution is 5.85. The zero-order valence-electron chi connectivity index (χ0n) is 16.2. The van der Waals surface area contributed by atoms with E-state index in [9.17, 15) is 4.79 Å². The van der Waals surface area contributed by atoms with Crippen LogP contribution in [0.15, 0.2) is 12.4 Å². The number of halogens is 2. The van der Waals surface area contributed by atoms with E-state index in [1.807, 2.05) is 36.1 Å². The van der Waals surface area contributed by atoms with Gasteiger partial charge in [0.2, 0.25) is 5.91 Å². The van der Waals surface area contributed by atoms with Crippen LogP contribution in [0.2, 0.25) is 0 Å². The van der Waals surface area contributed by atoms with Crippen LogP contribution >= 0.6 is 24.8 Å². The maximum Gasteiger partial charge on any atom is 0.227 e. The number of carbonyl (C=O) groups excluding carboxylic acids is 1. The molecule has 2 saturated heterocycles. The molecule has 2 fully saturated rings. The third-order valence-corrected chi connectivity index (χ3v) is 5.81. The Morgan fingerprint density at radius 2 is 1.92 bits per heavy atom. The Bertz CT molecular complexity index is 572. The van der Waals surface area contributed by atoms with Crippen molar-refractivity contribution in [2.45, 2.75) is 44.7 Å². The summed E-state index contributed by atoms with van der Waals surface area (Å²) in [5, 5.41) is 7.67. The summed E-state index contributed by atoms with van der Waals surface area (Å²) in [5.41, 5.74) is 1.17. The van der Waals surface area contributed by atoms with Gasteiger partial charge in [0.15, 0.2) is 0 Å². The fraction of sp³-hybridized carbons (Fsp3) is 0.778. The summed E-state index contributed by atoms with van der Waals surface area (Å²) >= 11 is 0. The minimum atomic E-state index is 0. The molecule has 2 aliphatic heterocycles. The lowest BCUT2D eigenvalue weighted by molar-refractivity contribution is -0.137. The van der Waals surface area contributed by atoms with Crippen molar-refractivity contribution in [1.29, 1.82) is 0 Å². The molecule has 2 atom stereocenters. The van der Waals surface area contributed by atoms with Crippen molar-refractivity contribution < 1.29 is 4.79 Å². The van der Waals surface area contributed by atoms with Crippen LogP contribution < -0.4 is 5.32 Å². The van der Waals surface area contributed by atoms with Crippen molar-refractivity contribution in [3.05, 3.63) is 18.0 Å². The summed E-state index contributed by atoms with van der Waals surface area (Å²) in [6, 6.07) is 0.976. The minimum absolute atomic E-state index is 0. The quantitative estimate of drug-likeness (QED) is 0.830. The zero-order chi connectivity index (χ0) is 17.3. The average Bonchev–Trinajstić information content (AvgIpc) is 3.22. The van der Waals surface area contributed by atoms with Crippen LogP contribution in [0.1, 0.15) is 38.2 Å². The molecule has 26 heavy (non-hydrogen) atoms. The van der Waals surface area contributed by atoms with E-state index >= 15 is 0 Å². The van der Waals surface area contributed by atoms with Crippen LogP contribution in [0.25, 0.3) is 0 Å². The number of hydrogen-bond donors (Lipinski definition) is 1. The molecule has 3 rings (SSSR count). The van der Waals surface area contributed by atoms with E-state index in [0.717, 1.165) is 39.0 Å². The van der Waals surface area contributed by atoms with E-state index in [0.29, 0.717) is 12.1 Å². The number of amides is 1. The van der Waals surface area contributed by atoms with Crippen LogP contribution in [0.3, 0.4) is 0 Å². The van der Waals surface area contributed by atoms with Gasteiger partial charge in [0.25, 0.3) is 0 Å². The Balaban J connectivity index is 0.00000169. The maximum atomic E-state index is 13.1. The lowest BCUT2D eigenvalue weighted by atomic mass is 9.89. The van der Waals surface area contributed by atoms with Gasteiger partial charge in [-0.15, -0.1) is 24.8 Å². The number of likely N-dealkylation sites (tertiary alicyclic amines) is 1. The Morgan fingerprint density at radius 1 is 1.27 bits per heavy atom. The first-order valence-corrected chi connectivity index (χ1v) is 9.17. The highest BCUT2D eigenvalue weighted by Gasteiger charge is 2.38. The lowest BCUT2D eigenvalue weighted by Gasteiger charge is -2.39. The molecule has 0 saturated carbocycles. The van der Waals surface area contributed by atoms with E-state index < -0.39 is 0 Å². The number of aromatic nitrogens is 2. The fourth-order valence-electron chi connectivity index (χ4n) is 4.15. The van der Waals surface area contributed by atoms with Gasteiger partial charge in [0, 0.05) is 64.5 Å². The normalized spacial score (nSPS) is 24.2. The number of carbonyl (C=O) groups is 1. The molecule has 150 valence electrons. The van der Waals surface area contributed by atoms with Crippen molar-refractivity contribution in [1.82, 2.24) is 24.9 Å². The minimum Gasteiger partial charge on any atom is -0.342 e. The SMILES string of the molecule is CC(C)N1CCC(N(C)C(=O)[C@H]2CNC[C@@H]2c2cnn(C)c2)CC1.Cl.Cl. The molecule has 0 aromatic carbocycles. The van der Waals surface area contributed by atoms with Crippen molar-refractivity contribution in [3.63, 3.8) is 0 Å². The number of nitrogens with one attached hydrogen (secondary N) is 1. The van der Waals surface area contributed by atoms with Gasteiger partial charge in [-0.2, -0.15) is 5.10 Å². The summed E-state index contributed by atoms with van der Waals surface area (Å²) in [7, 11) is 3.92. The molecule has 1 N–H and O–H groups in total. The Morgan fingerprint density at radius 3 is 2.46 bits per heavy atom. The molecular formula is C18H33Cl2N5O. The van der Waals surface area contributed by atoms with Gasteiger partial charge in [-0.25, -0.2) is 0 Å². The molecule has 1 aromatic heterocycles. The topological polar surface area (TPSA) is 53.4 Å². The molecular weight excluding hydrogens is 373 g/mol. The van der Waals surface area contributed by atoms with Gasteiger partial charge in [0.1, 0.15) is 0 Å². The lowest BCUT2D eigenvalue weighted by Crippen LogP contribution is -2.49. The number of hydrogen-bond acceptors (Lipinski definition) is 4. The second-order valence-corrected chi connectivity index (χ2v) is 7.63. The molecule has 0 bridgehead atoms. The number of piperidine rings is 1. The second kappa shape index (κ2) is 9.93. The first-order valence-electron chi connectivity index (χ1n) is 9.17. The summed E-state index contributed by atoms with van der Waals surface area (Å²) in [5.74, 6) is 0.559. The van der Waals surface area contributed by atoms with Crippen molar-refractivity contribution >= 4 is 30.7 Å².